The van der Waals surface area contributed by atoms with Crippen molar-refractivity contribution in [2.45, 2.75) is 25.4 Å². The van der Waals surface area contributed by atoms with Gasteiger partial charge in [0.05, 0.1) is 5.02 Å². The Labute approximate surface area is 138 Å². The average molecular weight is 344 g/mol. The van der Waals surface area contributed by atoms with Gasteiger partial charge in [0.15, 0.2) is 0 Å². The van der Waals surface area contributed by atoms with Crippen molar-refractivity contribution in [1.82, 2.24) is 10.3 Å². The lowest BCUT2D eigenvalue weighted by molar-refractivity contribution is 0.463. The molecule has 0 atom stereocenters. The molecule has 0 spiro atoms. The smallest absolute Gasteiger partial charge is 0.238 e. The van der Waals surface area contributed by atoms with Gasteiger partial charge in [-0.15, -0.1) is 0 Å². The van der Waals surface area contributed by atoms with E-state index in [2.05, 4.69) is 10.3 Å². The molecule has 1 fully saturated rings. The Morgan fingerprint density at radius 3 is 2.62 bits per heavy atom. The molecule has 0 saturated heterocycles. The molecule has 3 rings (SSSR count). The van der Waals surface area contributed by atoms with Crippen LogP contribution in [0.5, 0.6) is 11.6 Å². The lowest BCUT2D eigenvalue weighted by atomic mass is 10.3. The van der Waals surface area contributed by atoms with Gasteiger partial charge in [0.25, 0.3) is 0 Å². The Bertz CT molecular complexity index is 659. The zero-order valence-corrected chi connectivity index (χ0v) is 13.3. The first-order valence-electron chi connectivity index (χ1n) is 6.62. The number of benzene rings is 1. The quantitative estimate of drug-likeness (QED) is 0.821. The lowest BCUT2D eigenvalue weighted by Crippen LogP contribution is -2.15. The van der Waals surface area contributed by atoms with Gasteiger partial charge in [-0.25, -0.2) is 4.98 Å². The van der Waals surface area contributed by atoms with E-state index in [1.807, 2.05) is 6.07 Å². The second-order valence-corrected chi connectivity index (χ2v) is 6.21. The van der Waals surface area contributed by atoms with Crippen molar-refractivity contribution in [2.24, 2.45) is 0 Å². The summed E-state index contributed by atoms with van der Waals surface area (Å²) in [6, 6.07) is 7.49. The highest BCUT2D eigenvalue weighted by Gasteiger charge is 2.20. The third kappa shape index (κ3) is 4.01. The van der Waals surface area contributed by atoms with Crippen LogP contribution in [0.1, 0.15) is 18.4 Å². The summed E-state index contributed by atoms with van der Waals surface area (Å²) in [4.78, 5) is 4.25. The number of hydrogen-bond acceptors (Lipinski definition) is 3. The van der Waals surface area contributed by atoms with E-state index in [0.29, 0.717) is 32.7 Å². The van der Waals surface area contributed by atoms with E-state index in [9.17, 15) is 0 Å². The Morgan fingerprint density at radius 1 is 1.14 bits per heavy atom. The van der Waals surface area contributed by atoms with Crippen LogP contribution in [0.4, 0.5) is 0 Å². The van der Waals surface area contributed by atoms with Gasteiger partial charge >= 0.3 is 0 Å². The largest absolute Gasteiger partial charge is 0.436 e. The maximum Gasteiger partial charge on any atom is 0.238 e. The van der Waals surface area contributed by atoms with Crippen molar-refractivity contribution in [2.75, 3.05) is 0 Å². The minimum absolute atomic E-state index is 0.330. The molecule has 1 aromatic carbocycles. The van der Waals surface area contributed by atoms with Gasteiger partial charge < -0.3 is 10.1 Å². The van der Waals surface area contributed by atoms with Crippen LogP contribution in [-0.2, 0) is 6.54 Å². The summed E-state index contributed by atoms with van der Waals surface area (Å²) in [5.41, 5.74) is 1.03. The number of nitrogens with one attached hydrogen (secondary N) is 1. The molecular weight excluding hydrogens is 331 g/mol. The van der Waals surface area contributed by atoms with Crippen molar-refractivity contribution in [3.05, 3.63) is 51.1 Å². The minimum Gasteiger partial charge on any atom is -0.436 e. The molecule has 1 heterocycles. The van der Waals surface area contributed by atoms with Crippen LogP contribution in [-0.4, -0.2) is 11.0 Å². The molecule has 1 aromatic heterocycles. The average Bonchev–Trinajstić information content (AvgIpc) is 3.26. The number of aromatic nitrogens is 1. The van der Waals surface area contributed by atoms with Crippen LogP contribution in [0.25, 0.3) is 0 Å². The van der Waals surface area contributed by atoms with Crippen LogP contribution < -0.4 is 10.1 Å². The topological polar surface area (TPSA) is 34.1 Å². The molecule has 1 saturated carbocycles. The molecule has 0 amide bonds. The maximum absolute atomic E-state index is 6.21. The Kier molecular flexibility index (Phi) is 4.55. The van der Waals surface area contributed by atoms with Crippen LogP contribution in [0.2, 0.25) is 15.1 Å². The maximum atomic E-state index is 6.21. The molecule has 6 heteroatoms. The SMILES string of the molecule is Clc1ccc(Oc2ncc(CNC3CC3)cc2Cl)c(Cl)c1. The summed E-state index contributed by atoms with van der Waals surface area (Å²) in [7, 11) is 0. The van der Waals surface area contributed by atoms with Crippen LogP contribution in [0.15, 0.2) is 30.5 Å². The fourth-order valence-corrected chi connectivity index (χ4v) is 2.52. The summed E-state index contributed by atoms with van der Waals surface area (Å²) in [6.07, 6.45) is 4.25. The van der Waals surface area contributed by atoms with Crippen molar-refractivity contribution >= 4 is 34.8 Å². The predicted octanol–water partition coefficient (Wildman–Crippen LogP) is 5.09. The molecule has 0 aliphatic heterocycles. The third-order valence-electron chi connectivity index (χ3n) is 3.14. The molecule has 1 aliphatic carbocycles. The third-order valence-corrected chi connectivity index (χ3v) is 3.94. The Morgan fingerprint density at radius 2 is 1.95 bits per heavy atom. The molecule has 21 heavy (non-hydrogen) atoms. The molecule has 0 unspecified atom stereocenters. The molecule has 110 valence electrons. The number of ether oxygens (including phenoxy) is 1. The van der Waals surface area contributed by atoms with Crippen LogP contribution in [0, 0.1) is 0 Å². The monoisotopic (exact) mass is 342 g/mol. The van der Waals surface area contributed by atoms with E-state index in [1.54, 1.807) is 24.4 Å². The molecule has 0 bridgehead atoms. The first-order chi connectivity index (χ1) is 10.1. The second kappa shape index (κ2) is 6.41. The van der Waals surface area contributed by atoms with E-state index in [-0.39, 0.29) is 0 Å². The number of halogens is 3. The zero-order chi connectivity index (χ0) is 14.8. The summed E-state index contributed by atoms with van der Waals surface area (Å²) in [5.74, 6) is 0.801. The molecule has 2 aromatic rings. The van der Waals surface area contributed by atoms with Gasteiger partial charge in [-0.3, -0.25) is 0 Å². The van der Waals surface area contributed by atoms with Crippen molar-refractivity contribution in [3.8, 4) is 11.6 Å². The van der Waals surface area contributed by atoms with Crippen LogP contribution >= 0.6 is 34.8 Å². The van der Waals surface area contributed by atoms with Crippen LogP contribution in [0.3, 0.4) is 0 Å². The molecule has 3 nitrogen and oxygen atoms in total. The lowest BCUT2D eigenvalue weighted by Gasteiger charge is -2.10. The Hall–Kier alpha value is -1.000. The standard InChI is InChI=1S/C15H13Cl3N2O/c16-10-1-4-14(12(17)6-10)21-15-13(18)5-9(8-20-15)7-19-11-2-3-11/h1,4-6,8,11,19H,2-3,7H2. The summed E-state index contributed by atoms with van der Waals surface area (Å²) >= 11 is 18.1. The van der Waals surface area contributed by atoms with Gasteiger partial charge in [-0.1, -0.05) is 34.8 Å². The van der Waals surface area contributed by atoms with Gasteiger partial charge in [0.2, 0.25) is 5.88 Å². The Balaban J connectivity index is 1.72. The number of rotatable bonds is 5. The first-order valence-corrected chi connectivity index (χ1v) is 7.76. The molecular formula is C15H13Cl3N2O. The van der Waals surface area contributed by atoms with Crippen molar-refractivity contribution in [3.63, 3.8) is 0 Å². The van der Waals surface area contributed by atoms with Gasteiger partial charge in [0.1, 0.15) is 10.8 Å². The van der Waals surface area contributed by atoms with E-state index < -0.39 is 0 Å². The highest BCUT2D eigenvalue weighted by atomic mass is 35.5. The van der Waals surface area contributed by atoms with E-state index >= 15 is 0 Å². The highest BCUT2D eigenvalue weighted by molar-refractivity contribution is 6.35. The normalized spacial score (nSPS) is 14.2. The van der Waals surface area contributed by atoms with Gasteiger partial charge in [-0.05, 0) is 42.7 Å². The summed E-state index contributed by atoms with van der Waals surface area (Å²) < 4.78 is 5.63. The second-order valence-electron chi connectivity index (χ2n) is 4.96. The summed E-state index contributed by atoms with van der Waals surface area (Å²) in [5, 5.41) is 4.83. The zero-order valence-electron chi connectivity index (χ0n) is 11.1. The highest BCUT2D eigenvalue weighted by Crippen LogP contribution is 2.33. The number of pyridine rings is 1. The number of nitrogens with zero attached hydrogens (tertiary/aromatic N) is 1. The van der Waals surface area contributed by atoms with E-state index in [1.165, 1.54) is 12.8 Å². The number of hydrogen-bond donors (Lipinski definition) is 1. The minimum atomic E-state index is 0.330. The fraction of sp³-hybridized carbons (Fsp3) is 0.267. The van der Waals surface area contributed by atoms with Crippen molar-refractivity contribution < 1.29 is 4.74 Å². The van der Waals surface area contributed by atoms with E-state index in [4.69, 9.17) is 39.5 Å². The van der Waals surface area contributed by atoms with Crippen molar-refractivity contribution in [1.29, 1.82) is 0 Å². The predicted molar refractivity (Wildman–Crippen MR) is 85.6 cm³/mol. The van der Waals surface area contributed by atoms with Gasteiger partial charge in [-0.2, -0.15) is 0 Å². The summed E-state index contributed by atoms with van der Waals surface area (Å²) in [6.45, 7) is 0.763. The van der Waals surface area contributed by atoms with Gasteiger partial charge in [0, 0.05) is 23.8 Å². The molecule has 1 aliphatic rings. The first kappa shape index (κ1) is 14.9. The van der Waals surface area contributed by atoms with E-state index in [0.717, 1.165) is 12.1 Å². The molecule has 0 radical (unpaired) electrons. The fourth-order valence-electron chi connectivity index (χ4n) is 1.85. The molecule has 1 N–H and O–H groups in total.